The van der Waals surface area contributed by atoms with Crippen molar-refractivity contribution in [2.75, 3.05) is 18.7 Å². The third-order valence-corrected chi connectivity index (χ3v) is 2.84. The Morgan fingerprint density at radius 2 is 2.14 bits per heavy atom. The minimum absolute atomic E-state index is 0.254. The smallest absolute Gasteiger partial charge is 0.175 e. The van der Waals surface area contributed by atoms with Crippen molar-refractivity contribution >= 4 is 21.4 Å². The Morgan fingerprint density at radius 1 is 1.43 bits per heavy atom. The fraction of sp³-hybridized carbons (Fsp3) is 0.333. The minimum atomic E-state index is -3.16. The van der Waals surface area contributed by atoms with E-state index >= 15 is 0 Å². The molecule has 0 bridgehead atoms. The molecule has 0 saturated carbocycles. The van der Waals surface area contributed by atoms with E-state index in [4.69, 9.17) is 16.3 Å². The van der Waals surface area contributed by atoms with E-state index in [9.17, 15) is 8.42 Å². The number of alkyl halides is 1. The molecule has 0 unspecified atom stereocenters. The summed E-state index contributed by atoms with van der Waals surface area (Å²) in [6.45, 7) is 0.370. The maximum Gasteiger partial charge on any atom is 0.175 e. The lowest BCUT2D eigenvalue weighted by molar-refractivity contribution is 0.342. The predicted octanol–water partition coefficient (Wildman–Crippen LogP) is 1.71. The Morgan fingerprint density at radius 3 is 2.71 bits per heavy atom. The van der Waals surface area contributed by atoms with Crippen molar-refractivity contribution in [1.82, 2.24) is 0 Å². The van der Waals surface area contributed by atoms with Crippen LogP contribution in [-0.2, 0) is 9.84 Å². The van der Waals surface area contributed by atoms with E-state index in [2.05, 4.69) is 0 Å². The second-order valence-electron chi connectivity index (χ2n) is 2.78. The van der Waals surface area contributed by atoms with Crippen LogP contribution in [0.3, 0.4) is 0 Å². The van der Waals surface area contributed by atoms with Gasteiger partial charge in [0.2, 0.25) is 0 Å². The monoisotopic (exact) mass is 234 g/mol. The molecule has 3 nitrogen and oxygen atoms in total. The molecule has 0 aliphatic rings. The summed E-state index contributed by atoms with van der Waals surface area (Å²) in [7, 11) is -3.16. The zero-order valence-corrected chi connectivity index (χ0v) is 9.31. The molecule has 0 spiro atoms. The maximum absolute atomic E-state index is 11.2. The SMILES string of the molecule is CS(=O)(=O)c1cccc(OCCCl)c1. The van der Waals surface area contributed by atoms with E-state index < -0.39 is 9.84 Å². The first-order chi connectivity index (χ1) is 6.54. The number of ether oxygens (including phenoxy) is 1. The zero-order valence-electron chi connectivity index (χ0n) is 7.73. The van der Waals surface area contributed by atoms with Crippen LogP contribution in [0.5, 0.6) is 5.75 Å². The molecular formula is C9H11ClO3S. The summed E-state index contributed by atoms with van der Waals surface area (Å²) in [5.74, 6) is 0.900. The summed E-state index contributed by atoms with van der Waals surface area (Å²) in [6, 6.07) is 6.35. The summed E-state index contributed by atoms with van der Waals surface area (Å²) in [5, 5.41) is 0. The number of hydrogen-bond donors (Lipinski definition) is 0. The molecule has 1 aromatic rings. The van der Waals surface area contributed by atoms with E-state index in [0.29, 0.717) is 18.2 Å². The summed E-state index contributed by atoms with van der Waals surface area (Å²) in [5.41, 5.74) is 0. The number of sulfone groups is 1. The van der Waals surface area contributed by atoms with E-state index in [-0.39, 0.29) is 4.90 Å². The quantitative estimate of drug-likeness (QED) is 0.745. The molecule has 0 saturated heterocycles. The fourth-order valence-electron chi connectivity index (χ4n) is 0.951. The van der Waals surface area contributed by atoms with Crippen molar-refractivity contribution in [2.45, 2.75) is 4.90 Å². The molecule has 0 amide bonds. The zero-order chi connectivity index (χ0) is 10.6. The van der Waals surface area contributed by atoms with Gasteiger partial charge in [0.15, 0.2) is 9.84 Å². The van der Waals surface area contributed by atoms with Crippen LogP contribution in [0.15, 0.2) is 29.2 Å². The van der Waals surface area contributed by atoms with Gasteiger partial charge in [0, 0.05) is 6.26 Å². The highest BCUT2D eigenvalue weighted by Gasteiger charge is 2.07. The summed E-state index contributed by atoms with van der Waals surface area (Å²) in [6.07, 6.45) is 1.16. The number of hydrogen-bond acceptors (Lipinski definition) is 3. The van der Waals surface area contributed by atoms with E-state index in [1.165, 1.54) is 12.1 Å². The Hall–Kier alpha value is -0.740. The van der Waals surface area contributed by atoms with Crippen molar-refractivity contribution in [2.24, 2.45) is 0 Å². The van der Waals surface area contributed by atoms with Crippen molar-refractivity contribution in [3.8, 4) is 5.75 Å². The molecule has 0 radical (unpaired) electrons. The van der Waals surface area contributed by atoms with Gasteiger partial charge in [-0.05, 0) is 18.2 Å². The van der Waals surface area contributed by atoms with Crippen LogP contribution in [0.2, 0.25) is 0 Å². The van der Waals surface area contributed by atoms with Gasteiger partial charge in [0.25, 0.3) is 0 Å². The largest absolute Gasteiger partial charge is 0.492 e. The van der Waals surface area contributed by atoms with E-state index in [1.807, 2.05) is 0 Å². The second-order valence-corrected chi connectivity index (χ2v) is 5.18. The standard InChI is InChI=1S/C9H11ClO3S/c1-14(11,12)9-4-2-3-8(7-9)13-6-5-10/h2-4,7H,5-6H2,1H3. The number of benzene rings is 1. The topological polar surface area (TPSA) is 43.4 Å². The molecule has 0 atom stereocenters. The van der Waals surface area contributed by atoms with Gasteiger partial charge in [0.05, 0.1) is 10.8 Å². The van der Waals surface area contributed by atoms with Gasteiger partial charge >= 0.3 is 0 Å². The van der Waals surface area contributed by atoms with Crippen molar-refractivity contribution < 1.29 is 13.2 Å². The van der Waals surface area contributed by atoms with Crippen LogP contribution in [0.25, 0.3) is 0 Å². The lowest BCUT2D eigenvalue weighted by Crippen LogP contribution is -2.00. The highest BCUT2D eigenvalue weighted by molar-refractivity contribution is 7.90. The molecule has 14 heavy (non-hydrogen) atoms. The number of halogens is 1. The van der Waals surface area contributed by atoms with Gasteiger partial charge in [-0.1, -0.05) is 6.07 Å². The Labute approximate surface area is 88.6 Å². The molecule has 5 heteroatoms. The third kappa shape index (κ3) is 3.20. The molecule has 0 aliphatic heterocycles. The average Bonchev–Trinajstić information content (AvgIpc) is 2.14. The Balaban J connectivity index is 2.90. The summed E-state index contributed by atoms with van der Waals surface area (Å²) >= 11 is 5.44. The summed E-state index contributed by atoms with van der Waals surface area (Å²) in [4.78, 5) is 0.254. The van der Waals surface area contributed by atoms with E-state index in [1.54, 1.807) is 12.1 Å². The normalized spacial score (nSPS) is 11.3. The fourth-order valence-corrected chi connectivity index (χ4v) is 1.68. The molecule has 0 heterocycles. The lowest BCUT2D eigenvalue weighted by Gasteiger charge is -2.04. The molecule has 0 N–H and O–H groups in total. The van der Waals surface area contributed by atoms with Gasteiger partial charge in [0.1, 0.15) is 12.4 Å². The third-order valence-electron chi connectivity index (χ3n) is 1.58. The highest BCUT2D eigenvalue weighted by Crippen LogP contribution is 2.17. The number of rotatable bonds is 4. The van der Waals surface area contributed by atoms with Crippen LogP contribution in [0, 0.1) is 0 Å². The van der Waals surface area contributed by atoms with Gasteiger partial charge in [-0.3, -0.25) is 0 Å². The van der Waals surface area contributed by atoms with Gasteiger partial charge in [-0.2, -0.15) is 0 Å². The van der Waals surface area contributed by atoms with Crippen molar-refractivity contribution in [3.63, 3.8) is 0 Å². The highest BCUT2D eigenvalue weighted by atomic mass is 35.5. The van der Waals surface area contributed by atoms with Crippen LogP contribution < -0.4 is 4.74 Å². The maximum atomic E-state index is 11.2. The van der Waals surface area contributed by atoms with Crippen LogP contribution in [-0.4, -0.2) is 27.2 Å². The van der Waals surface area contributed by atoms with Gasteiger partial charge in [-0.15, -0.1) is 11.6 Å². The first-order valence-electron chi connectivity index (χ1n) is 4.03. The average molecular weight is 235 g/mol. The molecule has 1 rings (SSSR count). The van der Waals surface area contributed by atoms with Gasteiger partial charge in [-0.25, -0.2) is 8.42 Å². The first kappa shape index (κ1) is 11.3. The molecular weight excluding hydrogens is 224 g/mol. The minimum Gasteiger partial charge on any atom is -0.492 e. The first-order valence-corrected chi connectivity index (χ1v) is 6.45. The molecule has 1 aromatic carbocycles. The van der Waals surface area contributed by atoms with Crippen molar-refractivity contribution in [3.05, 3.63) is 24.3 Å². The van der Waals surface area contributed by atoms with Crippen LogP contribution in [0.1, 0.15) is 0 Å². The van der Waals surface area contributed by atoms with Crippen LogP contribution >= 0.6 is 11.6 Å². The second kappa shape index (κ2) is 4.66. The Kier molecular flexibility index (Phi) is 3.77. The predicted molar refractivity (Wildman–Crippen MR) is 55.8 cm³/mol. The summed E-state index contributed by atoms with van der Waals surface area (Å²) < 4.78 is 27.5. The van der Waals surface area contributed by atoms with Gasteiger partial charge < -0.3 is 4.74 Å². The van der Waals surface area contributed by atoms with Crippen molar-refractivity contribution in [1.29, 1.82) is 0 Å². The lowest BCUT2D eigenvalue weighted by atomic mass is 10.3. The molecule has 0 fully saturated rings. The molecule has 0 aromatic heterocycles. The Bertz CT molecular complexity index is 400. The van der Waals surface area contributed by atoms with Crippen LogP contribution in [0.4, 0.5) is 0 Å². The molecule has 78 valence electrons. The molecule has 0 aliphatic carbocycles. The van der Waals surface area contributed by atoms with E-state index in [0.717, 1.165) is 6.26 Å².